The van der Waals surface area contributed by atoms with Gasteiger partial charge in [0.25, 0.3) is 0 Å². The van der Waals surface area contributed by atoms with Gasteiger partial charge in [0.15, 0.2) is 11.5 Å². The Balaban J connectivity index is 1.88. The summed E-state index contributed by atoms with van der Waals surface area (Å²) in [6.07, 6.45) is 16.8. The fourth-order valence-electron chi connectivity index (χ4n) is 4.13. The van der Waals surface area contributed by atoms with Crippen LogP contribution in [0.3, 0.4) is 0 Å². The number of benzene rings is 1. The Kier molecular flexibility index (Phi) is 10.1. The number of allylic oxidation sites excluding steroid dienone is 9. The van der Waals surface area contributed by atoms with Crippen molar-refractivity contribution >= 4 is 0 Å². The first-order valence-electron chi connectivity index (χ1n) is 11.5. The lowest BCUT2D eigenvalue weighted by molar-refractivity contribution is 0.145. The summed E-state index contributed by atoms with van der Waals surface area (Å²) in [6.45, 7) is 12.2. The second-order valence-electron chi connectivity index (χ2n) is 9.15. The van der Waals surface area contributed by atoms with E-state index in [1.165, 1.54) is 41.6 Å². The van der Waals surface area contributed by atoms with Crippen molar-refractivity contribution in [2.75, 3.05) is 20.8 Å². The molecule has 0 saturated heterocycles. The lowest BCUT2D eigenvalue weighted by atomic mass is 9.72. The Hall–Kier alpha value is -2.52. The minimum atomic E-state index is 0.281. The third kappa shape index (κ3) is 7.56. The molecule has 3 nitrogen and oxygen atoms in total. The third-order valence-electron chi connectivity index (χ3n) is 6.04. The molecule has 0 saturated carbocycles. The first kappa shape index (κ1) is 25.7. The van der Waals surface area contributed by atoms with Crippen LogP contribution in [0.25, 0.3) is 0 Å². The van der Waals surface area contributed by atoms with E-state index in [0.717, 1.165) is 17.1 Å². The average molecular weight is 437 g/mol. The van der Waals surface area contributed by atoms with Gasteiger partial charge >= 0.3 is 0 Å². The highest BCUT2D eigenvalue weighted by molar-refractivity contribution is 5.46. The van der Waals surface area contributed by atoms with Crippen LogP contribution in [0.2, 0.25) is 0 Å². The Morgan fingerprint density at radius 2 is 1.84 bits per heavy atom. The highest BCUT2D eigenvalue weighted by Gasteiger charge is 2.26. The molecule has 0 heterocycles. The SMILES string of the molecule is COc1cccc(COCC=C(C)C=CC=C(C)C=CC2=C(C)CCCC2(C)C)c1OC. The minimum Gasteiger partial charge on any atom is -0.493 e. The molecule has 0 unspecified atom stereocenters. The lowest BCUT2D eigenvalue weighted by Gasteiger charge is -2.32. The van der Waals surface area contributed by atoms with E-state index in [4.69, 9.17) is 14.2 Å². The molecule has 0 spiro atoms. The molecule has 32 heavy (non-hydrogen) atoms. The largest absolute Gasteiger partial charge is 0.493 e. The molecule has 1 aromatic rings. The maximum Gasteiger partial charge on any atom is 0.166 e. The summed E-state index contributed by atoms with van der Waals surface area (Å²) in [5.41, 5.74) is 6.71. The molecule has 1 aliphatic carbocycles. The standard InChI is InChI=1S/C29H40O3/c1-22(16-17-26-24(3)13-10-19-29(26,4)5)11-8-12-23(2)18-20-32-21-25-14-9-15-27(30-6)28(25)31-7/h8-9,11-12,14-18H,10,13,19-21H2,1-7H3. The molecular formula is C29H40O3. The van der Waals surface area contributed by atoms with Gasteiger partial charge < -0.3 is 14.2 Å². The van der Waals surface area contributed by atoms with Crippen LogP contribution >= 0.6 is 0 Å². The van der Waals surface area contributed by atoms with Gasteiger partial charge in [0.2, 0.25) is 0 Å². The minimum absolute atomic E-state index is 0.281. The number of hydrogen-bond donors (Lipinski definition) is 0. The number of para-hydroxylation sites is 1. The first-order valence-corrected chi connectivity index (χ1v) is 11.5. The van der Waals surface area contributed by atoms with Gasteiger partial charge in [-0.3, -0.25) is 0 Å². The quantitative estimate of drug-likeness (QED) is 0.277. The molecule has 1 aromatic carbocycles. The molecule has 3 heteroatoms. The molecule has 0 amide bonds. The van der Waals surface area contributed by atoms with E-state index >= 15 is 0 Å². The highest BCUT2D eigenvalue weighted by atomic mass is 16.5. The van der Waals surface area contributed by atoms with Crippen LogP contribution in [0.15, 0.2) is 76.9 Å². The topological polar surface area (TPSA) is 27.7 Å². The smallest absolute Gasteiger partial charge is 0.166 e. The molecule has 174 valence electrons. The van der Waals surface area contributed by atoms with E-state index in [1.807, 2.05) is 18.2 Å². The summed E-state index contributed by atoms with van der Waals surface area (Å²) >= 11 is 0. The monoisotopic (exact) mass is 436 g/mol. The number of rotatable bonds is 10. The molecule has 0 aliphatic heterocycles. The maximum atomic E-state index is 5.82. The second-order valence-corrected chi connectivity index (χ2v) is 9.15. The Bertz CT molecular complexity index is 910. The van der Waals surface area contributed by atoms with Gasteiger partial charge in [0, 0.05) is 5.56 Å². The molecule has 0 atom stereocenters. The van der Waals surface area contributed by atoms with Gasteiger partial charge in [-0.15, -0.1) is 0 Å². The van der Waals surface area contributed by atoms with Crippen LogP contribution in [-0.2, 0) is 11.3 Å². The van der Waals surface area contributed by atoms with Crippen molar-refractivity contribution < 1.29 is 14.2 Å². The average Bonchev–Trinajstić information content (AvgIpc) is 2.75. The first-order chi connectivity index (χ1) is 15.3. The van der Waals surface area contributed by atoms with Gasteiger partial charge in [0.05, 0.1) is 27.4 Å². The summed E-state index contributed by atoms with van der Waals surface area (Å²) in [6, 6.07) is 5.82. The van der Waals surface area contributed by atoms with Crippen molar-refractivity contribution in [2.24, 2.45) is 5.41 Å². The molecule has 0 N–H and O–H groups in total. The van der Waals surface area contributed by atoms with E-state index < -0.39 is 0 Å². The summed E-state index contributed by atoms with van der Waals surface area (Å²) < 4.78 is 16.6. The third-order valence-corrected chi connectivity index (χ3v) is 6.04. The molecule has 0 bridgehead atoms. The zero-order valence-electron chi connectivity index (χ0n) is 21.0. The van der Waals surface area contributed by atoms with Crippen molar-refractivity contribution in [1.29, 1.82) is 0 Å². The predicted octanol–water partition coefficient (Wildman–Crippen LogP) is 7.75. The van der Waals surface area contributed by atoms with E-state index in [1.54, 1.807) is 14.2 Å². The molecule has 0 radical (unpaired) electrons. The summed E-state index contributed by atoms with van der Waals surface area (Å²) in [7, 11) is 3.29. The van der Waals surface area contributed by atoms with Gasteiger partial charge in [-0.2, -0.15) is 0 Å². The van der Waals surface area contributed by atoms with Crippen LogP contribution < -0.4 is 9.47 Å². The van der Waals surface area contributed by atoms with E-state index in [9.17, 15) is 0 Å². The molecule has 0 aromatic heterocycles. The summed E-state index contributed by atoms with van der Waals surface area (Å²) in [5, 5.41) is 0. The molecular weight excluding hydrogens is 396 g/mol. The summed E-state index contributed by atoms with van der Waals surface area (Å²) in [5.74, 6) is 1.45. The van der Waals surface area contributed by atoms with Crippen LogP contribution in [0.1, 0.15) is 59.4 Å². The lowest BCUT2D eigenvalue weighted by Crippen LogP contribution is -2.19. The Morgan fingerprint density at radius 3 is 2.53 bits per heavy atom. The molecule has 1 aliphatic rings. The Morgan fingerprint density at radius 1 is 1.06 bits per heavy atom. The van der Waals surface area contributed by atoms with Crippen LogP contribution in [0, 0.1) is 5.41 Å². The van der Waals surface area contributed by atoms with Crippen molar-refractivity contribution in [3.63, 3.8) is 0 Å². The number of methoxy groups -OCH3 is 2. The van der Waals surface area contributed by atoms with E-state index in [-0.39, 0.29) is 5.41 Å². The zero-order valence-corrected chi connectivity index (χ0v) is 21.0. The van der Waals surface area contributed by atoms with E-state index in [2.05, 4.69) is 71.1 Å². The van der Waals surface area contributed by atoms with Crippen molar-refractivity contribution in [2.45, 2.75) is 60.5 Å². The van der Waals surface area contributed by atoms with Crippen molar-refractivity contribution in [1.82, 2.24) is 0 Å². The van der Waals surface area contributed by atoms with Crippen LogP contribution in [-0.4, -0.2) is 20.8 Å². The highest BCUT2D eigenvalue weighted by Crippen LogP contribution is 2.40. The normalized spacial score (nSPS) is 17.5. The summed E-state index contributed by atoms with van der Waals surface area (Å²) in [4.78, 5) is 0. The Labute approximate surface area is 195 Å². The fourth-order valence-corrected chi connectivity index (χ4v) is 4.13. The van der Waals surface area contributed by atoms with Crippen molar-refractivity contribution in [3.8, 4) is 11.5 Å². The number of ether oxygens (including phenoxy) is 3. The van der Waals surface area contributed by atoms with Gasteiger partial charge in [0.1, 0.15) is 0 Å². The maximum absolute atomic E-state index is 5.82. The van der Waals surface area contributed by atoms with Gasteiger partial charge in [-0.05, 0) is 57.1 Å². The predicted molar refractivity (Wildman–Crippen MR) is 135 cm³/mol. The zero-order chi connectivity index (χ0) is 23.6. The molecule has 2 rings (SSSR count). The van der Waals surface area contributed by atoms with Gasteiger partial charge in [-0.25, -0.2) is 0 Å². The molecule has 0 fully saturated rings. The second kappa shape index (κ2) is 12.5. The van der Waals surface area contributed by atoms with E-state index in [0.29, 0.717) is 13.2 Å². The van der Waals surface area contributed by atoms with Crippen molar-refractivity contribution in [3.05, 3.63) is 82.5 Å². The number of hydrogen-bond acceptors (Lipinski definition) is 3. The van der Waals surface area contributed by atoms with Crippen LogP contribution in [0.5, 0.6) is 11.5 Å². The van der Waals surface area contributed by atoms with Crippen LogP contribution in [0.4, 0.5) is 0 Å². The van der Waals surface area contributed by atoms with Gasteiger partial charge in [-0.1, -0.05) is 79.2 Å². The fraction of sp³-hybridized carbons (Fsp3) is 0.448.